The number of hydrazine groups is 1. The summed E-state index contributed by atoms with van der Waals surface area (Å²) in [6.45, 7) is 2.71. The van der Waals surface area contributed by atoms with E-state index < -0.39 is 0 Å². The average Bonchev–Trinajstić information content (AvgIpc) is 3.42. The van der Waals surface area contributed by atoms with Gasteiger partial charge in [0.25, 0.3) is 11.8 Å². The summed E-state index contributed by atoms with van der Waals surface area (Å²) in [5.41, 5.74) is 1.82. The number of rotatable bonds is 4. The summed E-state index contributed by atoms with van der Waals surface area (Å²) in [5.74, 6) is 0.00557. The predicted octanol–water partition coefficient (Wildman–Crippen LogP) is 1.53. The smallest absolute Gasteiger partial charge is 0.294 e. The number of hydrogen-bond donors (Lipinski definition) is 0. The van der Waals surface area contributed by atoms with Crippen LogP contribution in [0, 0.1) is 6.92 Å². The molecule has 3 aromatic heterocycles. The molecule has 0 saturated carbocycles. The molecule has 0 radical (unpaired) electrons. The zero-order valence-corrected chi connectivity index (χ0v) is 14.8. The Morgan fingerprint density at radius 2 is 2.07 bits per heavy atom. The Hall–Kier alpha value is -3.49. The maximum Gasteiger partial charge on any atom is 0.294 e. The summed E-state index contributed by atoms with van der Waals surface area (Å²) in [5, 5.41) is 11.0. The fraction of sp³-hybridized carbons (Fsp3) is 0.278. The predicted molar refractivity (Wildman–Crippen MR) is 94.1 cm³/mol. The van der Waals surface area contributed by atoms with Crippen LogP contribution in [0.4, 0.5) is 0 Å². The highest BCUT2D eigenvalue weighted by Crippen LogP contribution is 2.17. The molecule has 1 fully saturated rings. The molecule has 9 nitrogen and oxygen atoms in total. The molecule has 1 aliphatic rings. The van der Waals surface area contributed by atoms with Crippen LogP contribution in [0.2, 0.25) is 0 Å². The summed E-state index contributed by atoms with van der Waals surface area (Å²) in [4.78, 5) is 29.4. The first-order chi connectivity index (χ1) is 13.1. The molecule has 4 heterocycles. The summed E-state index contributed by atoms with van der Waals surface area (Å²) in [6.07, 6.45) is 5.87. The molecule has 1 aliphatic heterocycles. The third kappa shape index (κ3) is 3.43. The molecule has 0 aromatic carbocycles. The average molecular weight is 366 g/mol. The zero-order valence-electron chi connectivity index (χ0n) is 14.8. The van der Waals surface area contributed by atoms with Gasteiger partial charge in [-0.2, -0.15) is 5.10 Å². The van der Waals surface area contributed by atoms with Crippen molar-refractivity contribution in [2.75, 3.05) is 13.1 Å². The van der Waals surface area contributed by atoms with Crippen molar-refractivity contribution >= 4 is 11.8 Å². The highest BCUT2D eigenvalue weighted by Gasteiger charge is 2.32. The quantitative estimate of drug-likeness (QED) is 0.695. The summed E-state index contributed by atoms with van der Waals surface area (Å²) >= 11 is 0. The van der Waals surface area contributed by atoms with Crippen LogP contribution < -0.4 is 0 Å². The van der Waals surface area contributed by atoms with Crippen molar-refractivity contribution in [3.63, 3.8) is 0 Å². The van der Waals surface area contributed by atoms with Crippen molar-refractivity contribution in [1.29, 1.82) is 0 Å². The molecule has 1 saturated heterocycles. The van der Waals surface area contributed by atoms with Gasteiger partial charge < -0.3 is 4.52 Å². The highest BCUT2D eigenvalue weighted by molar-refractivity contribution is 5.94. The van der Waals surface area contributed by atoms with E-state index in [2.05, 4.69) is 15.2 Å². The van der Waals surface area contributed by atoms with Gasteiger partial charge in [-0.3, -0.25) is 19.3 Å². The lowest BCUT2D eigenvalue weighted by Gasteiger charge is -2.27. The van der Waals surface area contributed by atoms with E-state index in [4.69, 9.17) is 4.52 Å². The molecule has 0 N–H and O–H groups in total. The van der Waals surface area contributed by atoms with Crippen LogP contribution in [0.3, 0.4) is 0 Å². The number of carbonyl (C=O) groups excluding carboxylic acids is 2. The van der Waals surface area contributed by atoms with Gasteiger partial charge in [0.1, 0.15) is 12.3 Å². The fourth-order valence-electron chi connectivity index (χ4n) is 3.02. The molecule has 0 atom stereocenters. The lowest BCUT2D eigenvalue weighted by Crippen LogP contribution is -2.46. The highest BCUT2D eigenvalue weighted by atomic mass is 16.5. The van der Waals surface area contributed by atoms with E-state index in [-0.39, 0.29) is 24.1 Å². The minimum atomic E-state index is -0.339. The molecular weight excluding hydrogens is 348 g/mol. The first-order valence-corrected chi connectivity index (χ1v) is 8.61. The van der Waals surface area contributed by atoms with Gasteiger partial charge >= 0.3 is 0 Å². The number of hydrogen-bond acceptors (Lipinski definition) is 6. The van der Waals surface area contributed by atoms with Crippen LogP contribution in [0.15, 0.2) is 47.4 Å². The topological polar surface area (TPSA) is 97.4 Å². The Morgan fingerprint density at radius 1 is 1.22 bits per heavy atom. The van der Waals surface area contributed by atoms with Crippen LogP contribution in [-0.4, -0.2) is 54.8 Å². The summed E-state index contributed by atoms with van der Waals surface area (Å²) in [6, 6.07) is 7.13. The zero-order chi connectivity index (χ0) is 18.8. The van der Waals surface area contributed by atoms with Crippen LogP contribution in [0.25, 0.3) is 11.3 Å². The van der Waals surface area contributed by atoms with Crippen LogP contribution in [0.5, 0.6) is 0 Å². The third-order valence-electron chi connectivity index (χ3n) is 4.30. The third-order valence-corrected chi connectivity index (χ3v) is 4.30. The van der Waals surface area contributed by atoms with E-state index in [1.54, 1.807) is 36.3 Å². The fourth-order valence-corrected chi connectivity index (χ4v) is 3.02. The normalized spacial score (nSPS) is 14.0. The largest absolute Gasteiger partial charge is 0.361 e. The van der Waals surface area contributed by atoms with Crippen LogP contribution in [0.1, 0.15) is 22.7 Å². The Kier molecular flexibility index (Phi) is 4.41. The molecule has 27 heavy (non-hydrogen) atoms. The van der Waals surface area contributed by atoms with Gasteiger partial charge in [0.15, 0.2) is 5.69 Å². The lowest BCUT2D eigenvalue weighted by atomic mass is 10.2. The molecule has 3 aromatic rings. The second-order valence-corrected chi connectivity index (χ2v) is 6.26. The summed E-state index contributed by atoms with van der Waals surface area (Å²) < 4.78 is 6.52. The standard InChI is InChI=1S/C18H18N6O3/c1-13-10-16(21-27-13)18(26)24-8-3-7-23(24)17(25)12-22-9-5-15(20-22)14-4-2-6-19-11-14/h2,4-6,9-11H,3,7-8,12H2,1H3. The monoisotopic (exact) mass is 366 g/mol. The SMILES string of the molecule is Cc1cc(C(=O)N2CCCN2C(=O)Cn2ccc(-c3cccnc3)n2)no1. The van der Waals surface area contributed by atoms with Gasteiger partial charge in [-0.1, -0.05) is 5.16 Å². The molecule has 9 heteroatoms. The van der Waals surface area contributed by atoms with Crippen molar-refractivity contribution < 1.29 is 14.1 Å². The number of pyridine rings is 1. The maximum atomic E-state index is 12.7. The Bertz CT molecular complexity index is 964. The number of aromatic nitrogens is 4. The first-order valence-electron chi connectivity index (χ1n) is 8.61. The molecule has 0 bridgehead atoms. The molecule has 0 spiro atoms. The van der Waals surface area contributed by atoms with Gasteiger partial charge in [0.05, 0.1) is 5.69 Å². The second-order valence-electron chi connectivity index (χ2n) is 6.26. The number of aryl methyl sites for hydroxylation is 1. The van der Waals surface area contributed by atoms with E-state index in [0.717, 1.165) is 11.3 Å². The Morgan fingerprint density at radius 3 is 2.81 bits per heavy atom. The van der Waals surface area contributed by atoms with Gasteiger partial charge in [0.2, 0.25) is 0 Å². The summed E-state index contributed by atoms with van der Waals surface area (Å²) in [7, 11) is 0. The molecule has 0 unspecified atom stereocenters. The van der Waals surface area contributed by atoms with Crippen molar-refractivity contribution in [2.45, 2.75) is 19.9 Å². The first kappa shape index (κ1) is 17.0. The van der Waals surface area contributed by atoms with E-state index in [1.807, 2.05) is 18.2 Å². The van der Waals surface area contributed by atoms with Crippen molar-refractivity contribution in [3.8, 4) is 11.3 Å². The molecule has 2 amide bonds. The molecule has 0 aliphatic carbocycles. The molecule has 138 valence electrons. The number of amides is 2. The van der Waals surface area contributed by atoms with Crippen LogP contribution >= 0.6 is 0 Å². The second kappa shape index (κ2) is 7.02. The minimum Gasteiger partial charge on any atom is -0.361 e. The van der Waals surface area contributed by atoms with E-state index in [0.29, 0.717) is 25.3 Å². The molecular formula is C18H18N6O3. The molecule has 4 rings (SSSR count). The van der Waals surface area contributed by atoms with Crippen molar-refractivity contribution in [1.82, 2.24) is 29.9 Å². The van der Waals surface area contributed by atoms with Crippen LogP contribution in [-0.2, 0) is 11.3 Å². The lowest BCUT2D eigenvalue weighted by molar-refractivity contribution is -0.141. The van der Waals surface area contributed by atoms with Crippen molar-refractivity contribution in [2.24, 2.45) is 0 Å². The van der Waals surface area contributed by atoms with Crippen molar-refractivity contribution in [3.05, 3.63) is 54.3 Å². The number of carbonyl (C=O) groups is 2. The Balaban J connectivity index is 1.46. The minimum absolute atomic E-state index is 0.0435. The van der Waals surface area contributed by atoms with E-state index in [1.165, 1.54) is 10.0 Å². The maximum absolute atomic E-state index is 12.7. The number of nitrogens with zero attached hydrogens (tertiary/aromatic N) is 6. The van der Waals surface area contributed by atoms with E-state index in [9.17, 15) is 9.59 Å². The van der Waals surface area contributed by atoms with Gasteiger partial charge in [0, 0.05) is 43.3 Å². The van der Waals surface area contributed by atoms with Gasteiger partial charge in [-0.05, 0) is 31.5 Å². The van der Waals surface area contributed by atoms with E-state index >= 15 is 0 Å². The Labute approximate surface area is 155 Å². The van der Waals surface area contributed by atoms with Gasteiger partial charge in [-0.15, -0.1) is 0 Å². The van der Waals surface area contributed by atoms with Gasteiger partial charge in [-0.25, -0.2) is 10.0 Å².